The summed E-state index contributed by atoms with van der Waals surface area (Å²) in [5.41, 5.74) is 0. The van der Waals surface area contributed by atoms with Crippen LogP contribution < -0.4 is 4.74 Å². The molecule has 1 aromatic carbocycles. The number of hydrogen-bond donors (Lipinski definition) is 0. The quantitative estimate of drug-likeness (QED) is 0.567. The van der Waals surface area contributed by atoms with Gasteiger partial charge in [0.25, 0.3) is 0 Å². The summed E-state index contributed by atoms with van der Waals surface area (Å²) in [4.78, 5) is 0.727. The van der Waals surface area contributed by atoms with Crippen LogP contribution in [0.4, 0.5) is 0 Å². The van der Waals surface area contributed by atoms with Crippen LogP contribution in [0.25, 0.3) is 4.96 Å². The Morgan fingerprint density at radius 1 is 1.22 bits per heavy atom. The van der Waals surface area contributed by atoms with E-state index in [2.05, 4.69) is 31.2 Å². The first-order valence-electron chi connectivity index (χ1n) is 8.44. The van der Waals surface area contributed by atoms with Crippen molar-refractivity contribution >= 4 is 42.3 Å². The van der Waals surface area contributed by atoms with E-state index in [4.69, 9.17) is 4.74 Å². The standard InChI is InChI=1S/C16H18BrN5O3S2/c1-27(23,24)21-8-6-11(7-9-21)15-18-19-16-22(15)20-14(26-16)10-25-13-4-2-12(17)3-5-13/h2-5,11H,6-10H2,1H3. The Morgan fingerprint density at radius 3 is 2.59 bits per heavy atom. The predicted octanol–water partition coefficient (Wildman–Crippen LogP) is 2.67. The molecule has 0 N–H and O–H groups in total. The summed E-state index contributed by atoms with van der Waals surface area (Å²) >= 11 is 4.85. The topological polar surface area (TPSA) is 89.7 Å². The van der Waals surface area contributed by atoms with Crippen molar-refractivity contribution in [1.82, 2.24) is 24.1 Å². The second kappa shape index (κ2) is 7.46. The summed E-state index contributed by atoms with van der Waals surface area (Å²) in [7, 11) is -3.14. The number of piperidine rings is 1. The number of hydrogen-bond acceptors (Lipinski definition) is 7. The third kappa shape index (κ3) is 4.15. The third-order valence-corrected chi connectivity index (χ3v) is 7.23. The Hall–Kier alpha value is -1.56. The van der Waals surface area contributed by atoms with Gasteiger partial charge in [0, 0.05) is 23.5 Å². The van der Waals surface area contributed by atoms with E-state index in [0.29, 0.717) is 19.7 Å². The molecule has 3 heterocycles. The monoisotopic (exact) mass is 471 g/mol. The minimum Gasteiger partial charge on any atom is -0.486 e. The molecule has 3 aromatic rings. The fourth-order valence-corrected chi connectivity index (χ4v) is 5.00. The Bertz CT molecular complexity index is 1040. The summed E-state index contributed by atoms with van der Waals surface area (Å²) in [5, 5.41) is 13.9. The number of nitrogens with zero attached hydrogens (tertiary/aromatic N) is 5. The van der Waals surface area contributed by atoms with Gasteiger partial charge in [0.1, 0.15) is 12.4 Å². The number of benzene rings is 1. The van der Waals surface area contributed by atoms with Crippen molar-refractivity contribution in [2.45, 2.75) is 25.4 Å². The van der Waals surface area contributed by atoms with E-state index in [1.165, 1.54) is 21.9 Å². The number of fused-ring (bicyclic) bond motifs is 1. The Labute approximate surface area is 169 Å². The van der Waals surface area contributed by atoms with Crippen LogP contribution in [-0.2, 0) is 16.6 Å². The van der Waals surface area contributed by atoms with Crippen LogP contribution in [0.15, 0.2) is 28.7 Å². The predicted molar refractivity (Wildman–Crippen MR) is 106 cm³/mol. The summed E-state index contributed by atoms with van der Waals surface area (Å²) in [5.74, 6) is 1.72. The molecule has 0 amide bonds. The van der Waals surface area contributed by atoms with Crippen molar-refractivity contribution < 1.29 is 13.2 Å². The molecule has 0 bridgehead atoms. The first-order valence-corrected chi connectivity index (χ1v) is 11.9. The van der Waals surface area contributed by atoms with Gasteiger partial charge < -0.3 is 4.74 Å². The number of rotatable bonds is 5. The van der Waals surface area contributed by atoms with Crippen molar-refractivity contribution in [3.63, 3.8) is 0 Å². The number of halogens is 1. The summed E-state index contributed by atoms with van der Waals surface area (Å²) in [6.45, 7) is 1.37. The summed E-state index contributed by atoms with van der Waals surface area (Å²) < 4.78 is 33.4. The molecule has 2 aromatic heterocycles. The van der Waals surface area contributed by atoms with Crippen LogP contribution in [0.3, 0.4) is 0 Å². The Morgan fingerprint density at radius 2 is 1.93 bits per heavy atom. The summed E-state index contributed by atoms with van der Waals surface area (Å²) in [6, 6.07) is 7.64. The Balaban J connectivity index is 1.45. The van der Waals surface area contributed by atoms with E-state index in [-0.39, 0.29) is 5.92 Å². The maximum absolute atomic E-state index is 11.7. The molecule has 1 aliphatic heterocycles. The zero-order valence-electron chi connectivity index (χ0n) is 14.6. The van der Waals surface area contributed by atoms with E-state index < -0.39 is 10.0 Å². The van der Waals surface area contributed by atoms with E-state index >= 15 is 0 Å². The second-order valence-electron chi connectivity index (χ2n) is 6.43. The smallest absolute Gasteiger partial charge is 0.234 e. The lowest BCUT2D eigenvalue weighted by atomic mass is 9.97. The van der Waals surface area contributed by atoms with Gasteiger partial charge in [-0.1, -0.05) is 27.3 Å². The minimum absolute atomic E-state index is 0.153. The fourth-order valence-electron chi connectivity index (χ4n) is 3.11. The molecule has 0 unspecified atom stereocenters. The molecule has 0 aliphatic carbocycles. The van der Waals surface area contributed by atoms with Crippen LogP contribution in [-0.4, -0.2) is 51.9 Å². The van der Waals surface area contributed by atoms with Crippen LogP contribution in [0.5, 0.6) is 5.75 Å². The average molecular weight is 472 g/mol. The molecule has 0 atom stereocenters. The van der Waals surface area contributed by atoms with Crippen LogP contribution in [0.1, 0.15) is 29.6 Å². The lowest BCUT2D eigenvalue weighted by Gasteiger charge is -2.28. The zero-order valence-corrected chi connectivity index (χ0v) is 17.8. The SMILES string of the molecule is CS(=O)(=O)N1CCC(c2nnc3sc(COc4ccc(Br)cc4)nn23)CC1. The van der Waals surface area contributed by atoms with E-state index in [9.17, 15) is 8.42 Å². The highest BCUT2D eigenvalue weighted by Gasteiger charge is 2.29. The third-order valence-electron chi connectivity index (χ3n) is 4.52. The van der Waals surface area contributed by atoms with Gasteiger partial charge in [0.05, 0.1) is 6.26 Å². The second-order valence-corrected chi connectivity index (χ2v) is 10.4. The van der Waals surface area contributed by atoms with E-state index in [1.54, 1.807) is 4.52 Å². The molecule has 144 valence electrons. The van der Waals surface area contributed by atoms with Crippen LogP contribution >= 0.6 is 27.3 Å². The van der Waals surface area contributed by atoms with Crippen molar-refractivity contribution in [1.29, 1.82) is 0 Å². The van der Waals surface area contributed by atoms with Crippen LogP contribution in [0.2, 0.25) is 0 Å². The van der Waals surface area contributed by atoms with Gasteiger partial charge in [-0.3, -0.25) is 0 Å². The van der Waals surface area contributed by atoms with Gasteiger partial charge in [0.15, 0.2) is 10.8 Å². The normalized spacial score (nSPS) is 16.8. The largest absolute Gasteiger partial charge is 0.486 e. The lowest BCUT2D eigenvalue weighted by molar-refractivity contribution is 0.302. The van der Waals surface area contributed by atoms with E-state index in [0.717, 1.165) is 38.9 Å². The molecule has 4 rings (SSSR count). The Kier molecular flexibility index (Phi) is 5.19. The maximum Gasteiger partial charge on any atom is 0.234 e. The first-order chi connectivity index (χ1) is 12.9. The van der Waals surface area contributed by atoms with Crippen molar-refractivity contribution in [2.24, 2.45) is 0 Å². The average Bonchev–Trinajstić information content (AvgIpc) is 3.21. The van der Waals surface area contributed by atoms with E-state index in [1.807, 2.05) is 24.3 Å². The molecule has 0 radical (unpaired) electrons. The van der Waals surface area contributed by atoms with Crippen molar-refractivity contribution in [3.05, 3.63) is 39.6 Å². The number of sulfonamides is 1. The molecule has 1 saturated heterocycles. The molecular formula is C16H18BrN5O3S2. The molecule has 0 saturated carbocycles. The number of ether oxygens (including phenoxy) is 1. The van der Waals surface area contributed by atoms with Gasteiger partial charge >= 0.3 is 0 Å². The van der Waals surface area contributed by atoms with Crippen molar-refractivity contribution in [3.8, 4) is 5.75 Å². The lowest BCUT2D eigenvalue weighted by Crippen LogP contribution is -2.37. The molecule has 27 heavy (non-hydrogen) atoms. The first kappa shape index (κ1) is 18.8. The molecular weight excluding hydrogens is 454 g/mol. The molecule has 1 aliphatic rings. The molecule has 0 spiro atoms. The molecule has 8 nitrogen and oxygen atoms in total. The zero-order chi connectivity index (χ0) is 19.0. The van der Waals surface area contributed by atoms with Gasteiger partial charge in [-0.15, -0.1) is 10.2 Å². The molecule has 11 heteroatoms. The highest BCUT2D eigenvalue weighted by Crippen LogP contribution is 2.29. The summed E-state index contributed by atoms with van der Waals surface area (Å²) in [6.07, 6.45) is 2.69. The molecule has 1 fully saturated rings. The van der Waals surface area contributed by atoms with Gasteiger partial charge in [0.2, 0.25) is 15.0 Å². The van der Waals surface area contributed by atoms with Crippen LogP contribution in [0, 0.1) is 0 Å². The van der Waals surface area contributed by atoms with Crippen molar-refractivity contribution in [2.75, 3.05) is 19.3 Å². The fraction of sp³-hybridized carbons (Fsp3) is 0.438. The maximum atomic E-state index is 11.7. The highest BCUT2D eigenvalue weighted by atomic mass is 79.9. The number of aromatic nitrogens is 4. The highest BCUT2D eigenvalue weighted by molar-refractivity contribution is 9.10. The van der Waals surface area contributed by atoms with Gasteiger partial charge in [-0.05, 0) is 37.1 Å². The van der Waals surface area contributed by atoms with Gasteiger partial charge in [-0.25, -0.2) is 12.7 Å². The minimum atomic E-state index is -3.14. The van der Waals surface area contributed by atoms with Gasteiger partial charge in [-0.2, -0.15) is 9.61 Å².